The molecule has 0 saturated carbocycles. The molecule has 5 heteroatoms. The van der Waals surface area contributed by atoms with Gasteiger partial charge in [0, 0.05) is 0 Å². The maximum atomic E-state index is 13.9. The summed E-state index contributed by atoms with van der Waals surface area (Å²) in [4.78, 5) is 11.6. The van der Waals surface area contributed by atoms with Crippen LogP contribution in [0.2, 0.25) is 0 Å². The summed E-state index contributed by atoms with van der Waals surface area (Å²) in [5, 5.41) is 0. The fourth-order valence-electron chi connectivity index (χ4n) is 1.80. The van der Waals surface area contributed by atoms with Crippen molar-refractivity contribution in [3.63, 3.8) is 0 Å². The number of hydrogen-bond acceptors (Lipinski definition) is 4. The molecule has 0 spiro atoms. The summed E-state index contributed by atoms with van der Waals surface area (Å²) in [5.41, 5.74) is 6.88. The SMILES string of the molecule is CCOC(=O)c1ccc(Oc2cccc(C)c2F)c(N)c1. The molecular weight excluding hydrogens is 273 g/mol. The van der Waals surface area contributed by atoms with E-state index in [9.17, 15) is 9.18 Å². The number of carbonyl (C=O) groups excluding carboxylic acids is 1. The molecule has 2 aromatic carbocycles. The van der Waals surface area contributed by atoms with Gasteiger partial charge >= 0.3 is 5.97 Å². The lowest BCUT2D eigenvalue weighted by atomic mass is 10.2. The number of ether oxygens (including phenoxy) is 2. The van der Waals surface area contributed by atoms with Gasteiger partial charge in [0.1, 0.15) is 0 Å². The second-order valence-corrected chi connectivity index (χ2v) is 4.46. The van der Waals surface area contributed by atoms with Gasteiger partial charge in [0.05, 0.1) is 17.9 Å². The summed E-state index contributed by atoms with van der Waals surface area (Å²) in [6, 6.07) is 9.34. The largest absolute Gasteiger partial charge is 0.462 e. The Hall–Kier alpha value is -2.56. The lowest BCUT2D eigenvalue weighted by molar-refractivity contribution is 0.0526. The number of benzene rings is 2. The molecule has 0 unspecified atom stereocenters. The maximum absolute atomic E-state index is 13.9. The summed E-state index contributed by atoms with van der Waals surface area (Å²) < 4.78 is 24.2. The minimum Gasteiger partial charge on any atom is -0.462 e. The van der Waals surface area contributed by atoms with Gasteiger partial charge in [0.15, 0.2) is 17.3 Å². The van der Waals surface area contributed by atoms with Crippen LogP contribution in [-0.2, 0) is 4.74 Å². The normalized spacial score (nSPS) is 10.2. The molecule has 0 atom stereocenters. The average molecular weight is 289 g/mol. The van der Waals surface area contributed by atoms with E-state index in [1.807, 2.05) is 0 Å². The Labute approximate surface area is 122 Å². The van der Waals surface area contributed by atoms with Crippen molar-refractivity contribution < 1.29 is 18.7 Å². The number of anilines is 1. The third-order valence-electron chi connectivity index (χ3n) is 2.90. The third kappa shape index (κ3) is 3.31. The van der Waals surface area contributed by atoms with E-state index >= 15 is 0 Å². The van der Waals surface area contributed by atoms with Crippen LogP contribution < -0.4 is 10.5 Å². The van der Waals surface area contributed by atoms with E-state index in [0.29, 0.717) is 11.1 Å². The van der Waals surface area contributed by atoms with E-state index in [2.05, 4.69) is 0 Å². The van der Waals surface area contributed by atoms with Gasteiger partial charge in [-0.2, -0.15) is 0 Å². The molecule has 0 heterocycles. The molecule has 4 nitrogen and oxygen atoms in total. The number of hydrogen-bond donors (Lipinski definition) is 1. The molecule has 2 rings (SSSR count). The lowest BCUT2D eigenvalue weighted by Crippen LogP contribution is -2.05. The molecule has 0 saturated heterocycles. The predicted molar refractivity (Wildman–Crippen MR) is 78.0 cm³/mol. The van der Waals surface area contributed by atoms with E-state index in [1.54, 1.807) is 26.0 Å². The van der Waals surface area contributed by atoms with Gasteiger partial charge < -0.3 is 15.2 Å². The number of nitrogen functional groups attached to an aromatic ring is 1. The number of aryl methyl sites for hydroxylation is 1. The van der Waals surface area contributed by atoms with Crippen molar-refractivity contribution in [1.29, 1.82) is 0 Å². The molecule has 0 fully saturated rings. The summed E-state index contributed by atoms with van der Waals surface area (Å²) >= 11 is 0. The summed E-state index contributed by atoms with van der Waals surface area (Å²) in [7, 11) is 0. The first-order chi connectivity index (χ1) is 10.0. The van der Waals surface area contributed by atoms with E-state index in [1.165, 1.54) is 24.3 Å². The van der Waals surface area contributed by atoms with Crippen LogP contribution in [0, 0.1) is 12.7 Å². The van der Waals surface area contributed by atoms with Crippen molar-refractivity contribution >= 4 is 11.7 Å². The van der Waals surface area contributed by atoms with Crippen LogP contribution in [0.3, 0.4) is 0 Å². The highest BCUT2D eigenvalue weighted by Gasteiger charge is 2.12. The van der Waals surface area contributed by atoms with Crippen molar-refractivity contribution in [3.8, 4) is 11.5 Å². The molecule has 0 radical (unpaired) electrons. The van der Waals surface area contributed by atoms with Crippen molar-refractivity contribution in [3.05, 3.63) is 53.3 Å². The first-order valence-electron chi connectivity index (χ1n) is 6.52. The molecule has 0 aliphatic heterocycles. The van der Waals surface area contributed by atoms with Crippen LogP contribution in [0.1, 0.15) is 22.8 Å². The zero-order chi connectivity index (χ0) is 15.4. The van der Waals surface area contributed by atoms with Gasteiger partial charge in [-0.05, 0) is 43.7 Å². The molecule has 110 valence electrons. The number of halogens is 1. The topological polar surface area (TPSA) is 61.5 Å². The van der Waals surface area contributed by atoms with Crippen LogP contribution in [0.15, 0.2) is 36.4 Å². The van der Waals surface area contributed by atoms with Crippen LogP contribution in [0.4, 0.5) is 10.1 Å². The molecule has 21 heavy (non-hydrogen) atoms. The summed E-state index contributed by atoms with van der Waals surface area (Å²) in [6.07, 6.45) is 0. The van der Waals surface area contributed by atoms with Crippen molar-refractivity contribution in [2.24, 2.45) is 0 Å². The predicted octanol–water partition coefficient (Wildman–Crippen LogP) is 3.69. The molecule has 0 aliphatic rings. The molecule has 0 amide bonds. The van der Waals surface area contributed by atoms with E-state index in [0.717, 1.165) is 0 Å². The Balaban J connectivity index is 2.25. The highest BCUT2D eigenvalue weighted by molar-refractivity contribution is 5.91. The number of nitrogens with two attached hydrogens (primary N) is 1. The number of carbonyl (C=O) groups is 1. The number of esters is 1. The van der Waals surface area contributed by atoms with Gasteiger partial charge in [0.25, 0.3) is 0 Å². The van der Waals surface area contributed by atoms with Crippen LogP contribution in [0.25, 0.3) is 0 Å². The minimum atomic E-state index is -0.461. The molecular formula is C16H16FNO3. The second-order valence-electron chi connectivity index (χ2n) is 4.46. The molecule has 0 aliphatic carbocycles. The Bertz CT molecular complexity index is 671. The van der Waals surface area contributed by atoms with Gasteiger partial charge in [0.2, 0.25) is 0 Å². The van der Waals surface area contributed by atoms with Gasteiger partial charge in [-0.25, -0.2) is 9.18 Å². The molecule has 2 aromatic rings. The van der Waals surface area contributed by atoms with Crippen molar-refractivity contribution in [2.45, 2.75) is 13.8 Å². The second kappa shape index (κ2) is 6.26. The van der Waals surface area contributed by atoms with Gasteiger partial charge in [-0.3, -0.25) is 0 Å². The highest BCUT2D eigenvalue weighted by atomic mass is 19.1. The standard InChI is InChI=1S/C16H16FNO3/c1-3-20-16(19)11-7-8-13(12(18)9-11)21-14-6-4-5-10(2)15(14)17/h4-9H,3,18H2,1-2H3. The molecule has 0 aromatic heterocycles. The summed E-state index contributed by atoms with van der Waals surface area (Å²) in [5.74, 6) is -0.526. The Morgan fingerprint density at radius 3 is 2.67 bits per heavy atom. The third-order valence-corrected chi connectivity index (χ3v) is 2.90. The quantitative estimate of drug-likeness (QED) is 0.689. The first kappa shape index (κ1) is 14.8. The van der Waals surface area contributed by atoms with Crippen LogP contribution in [0.5, 0.6) is 11.5 Å². The Kier molecular flexibility index (Phi) is 4.42. The van der Waals surface area contributed by atoms with Gasteiger partial charge in [-0.1, -0.05) is 12.1 Å². The Morgan fingerprint density at radius 2 is 2.00 bits per heavy atom. The fraction of sp³-hybridized carbons (Fsp3) is 0.188. The zero-order valence-electron chi connectivity index (χ0n) is 11.9. The van der Waals surface area contributed by atoms with Crippen molar-refractivity contribution in [2.75, 3.05) is 12.3 Å². The molecule has 0 bridgehead atoms. The maximum Gasteiger partial charge on any atom is 0.338 e. The summed E-state index contributed by atoms with van der Waals surface area (Å²) in [6.45, 7) is 3.65. The molecule has 2 N–H and O–H groups in total. The van der Waals surface area contributed by atoms with E-state index in [-0.39, 0.29) is 23.8 Å². The lowest BCUT2D eigenvalue weighted by Gasteiger charge is -2.11. The van der Waals surface area contributed by atoms with Crippen molar-refractivity contribution in [1.82, 2.24) is 0 Å². The minimum absolute atomic E-state index is 0.0885. The fourth-order valence-corrected chi connectivity index (χ4v) is 1.80. The van der Waals surface area contributed by atoms with E-state index < -0.39 is 11.8 Å². The van der Waals surface area contributed by atoms with Crippen LogP contribution >= 0.6 is 0 Å². The van der Waals surface area contributed by atoms with Gasteiger partial charge in [-0.15, -0.1) is 0 Å². The monoisotopic (exact) mass is 289 g/mol. The average Bonchev–Trinajstić information content (AvgIpc) is 2.46. The Morgan fingerprint density at radius 1 is 1.24 bits per heavy atom. The number of rotatable bonds is 4. The van der Waals surface area contributed by atoms with Crippen LogP contribution in [-0.4, -0.2) is 12.6 Å². The zero-order valence-corrected chi connectivity index (χ0v) is 11.9. The smallest absolute Gasteiger partial charge is 0.338 e. The first-order valence-corrected chi connectivity index (χ1v) is 6.52. The van der Waals surface area contributed by atoms with E-state index in [4.69, 9.17) is 15.2 Å². The highest BCUT2D eigenvalue weighted by Crippen LogP contribution is 2.30.